The van der Waals surface area contributed by atoms with Crippen LogP contribution in [-0.2, 0) is 11.3 Å². The van der Waals surface area contributed by atoms with Crippen molar-refractivity contribution in [1.82, 2.24) is 14.9 Å². The summed E-state index contributed by atoms with van der Waals surface area (Å²) in [7, 11) is 1.55. The zero-order chi connectivity index (χ0) is 22.5. The zero-order valence-corrected chi connectivity index (χ0v) is 18.5. The van der Waals surface area contributed by atoms with Gasteiger partial charge in [0.05, 0.1) is 29.6 Å². The van der Waals surface area contributed by atoms with Crippen molar-refractivity contribution in [2.24, 2.45) is 4.99 Å². The first-order chi connectivity index (χ1) is 15.6. The van der Waals surface area contributed by atoms with Gasteiger partial charge in [-0.25, -0.2) is 0 Å². The molecule has 2 aromatic heterocycles. The quantitative estimate of drug-likeness (QED) is 0.489. The highest BCUT2D eigenvalue weighted by molar-refractivity contribution is 7.16. The molecular weight excluding hydrogens is 424 g/mol. The molecule has 7 nitrogen and oxygen atoms in total. The Morgan fingerprint density at radius 3 is 2.72 bits per heavy atom. The summed E-state index contributed by atoms with van der Waals surface area (Å²) < 4.78 is 7.94. The normalized spacial score (nSPS) is 12.5. The summed E-state index contributed by atoms with van der Waals surface area (Å²) >= 11 is 1.37. The molecule has 32 heavy (non-hydrogen) atoms. The van der Waals surface area contributed by atoms with Crippen LogP contribution in [0.4, 0.5) is 0 Å². The van der Waals surface area contributed by atoms with Crippen molar-refractivity contribution in [2.75, 3.05) is 7.11 Å². The number of thiazole rings is 1. The minimum atomic E-state index is -0.577. The molecule has 1 N–H and O–H groups in total. The van der Waals surface area contributed by atoms with Crippen LogP contribution in [0, 0.1) is 0 Å². The summed E-state index contributed by atoms with van der Waals surface area (Å²) in [5.74, 6) is -0.00248. The van der Waals surface area contributed by atoms with E-state index in [1.165, 1.54) is 11.3 Å². The van der Waals surface area contributed by atoms with Crippen molar-refractivity contribution in [3.05, 3.63) is 89.0 Å². The lowest BCUT2D eigenvalue weighted by molar-refractivity contribution is -0.124. The van der Waals surface area contributed by atoms with Gasteiger partial charge in [-0.05, 0) is 49.4 Å². The Morgan fingerprint density at radius 2 is 1.94 bits per heavy atom. The third-order valence-electron chi connectivity index (χ3n) is 4.98. The lowest BCUT2D eigenvalue weighted by Gasteiger charge is -2.15. The number of pyridine rings is 1. The highest BCUT2D eigenvalue weighted by atomic mass is 32.1. The Hall–Kier alpha value is -3.78. The Labute approximate surface area is 189 Å². The van der Waals surface area contributed by atoms with Gasteiger partial charge in [-0.15, -0.1) is 0 Å². The highest BCUT2D eigenvalue weighted by Gasteiger charge is 2.20. The Balaban J connectivity index is 1.68. The first-order valence-corrected chi connectivity index (χ1v) is 10.9. The number of amides is 2. The fraction of sp³-hybridized carbons (Fsp3) is 0.167. The molecule has 2 aromatic carbocycles. The molecule has 0 aliphatic carbocycles. The molecular formula is C24H22N4O3S. The molecule has 0 saturated heterocycles. The van der Waals surface area contributed by atoms with Crippen LogP contribution in [0.1, 0.15) is 29.0 Å². The van der Waals surface area contributed by atoms with E-state index in [9.17, 15) is 9.59 Å². The van der Waals surface area contributed by atoms with Crippen LogP contribution in [0.15, 0.2) is 77.9 Å². The summed E-state index contributed by atoms with van der Waals surface area (Å²) in [5, 5.41) is 2.92. The van der Waals surface area contributed by atoms with Crippen LogP contribution in [0.25, 0.3) is 10.2 Å². The average Bonchev–Trinajstić information content (AvgIpc) is 3.20. The summed E-state index contributed by atoms with van der Waals surface area (Å²) in [6.07, 6.45) is 1.69. The second-order valence-corrected chi connectivity index (χ2v) is 8.10. The molecule has 162 valence electrons. The molecule has 0 unspecified atom stereocenters. The summed E-state index contributed by atoms with van der Waals surface area (Å²) in [6.45, 7) is 2.11. The summed E-state index contributed by atoms with van der Waals surface area (Å²) in [4.78, 5) is 34.9. The molecule has 0 saturated carbocycles. The van der Waals surface area contributed by atoms with Crippen LogP contribution in [0.2, 0.25) is 0 Å². The third kappa shape index (κ3) is 4.60. The van der Waals surface area contributed by atoms with Crippen LogP contribution in [0.5, 0.6) is 5.75 Å². The fourth-order valence-electron chi connectivity index (χ4n) is 3.30. The van der Waals surface area contributed by atoms with Crippen LogP contribution in [0.3, 0.4) is 0 Å². The van der Waals surface area contributed by atoms with Gasteiger partial charge in [-0.2, -0.15) is 4.99 Å². The molecule has 0 fully saturated rings. The predicted octanol–water partition coefficient (Wildman–Crippen LogP) is 3.72. The van der Waals surface area contributed by atoms with E-state index in [0.29, 0.717) is 22.7 Å². The topological polar surface area (TPSA) is 85.6 Å². The number of ether oxygens (including phenoxy) is 1. The molecule has 8 heteroatoms. The number of fused-ring (bicyclic) bond motifs is 1. The van der Waals surface area contributed by atoms with Crippen molar-refractivity contribution in [1.29, 1.82) is 0 Å². The molecule has 0 radical (unpaired) electrons. The van der Waals surface area contributed by atoms with Gasteiger partial charge in [-0.3, -0.25) is 14.6 Å². The number of methoxy groups -OCH3 is 1. The second-order valence-electron chi connectivity index (χ2n) is 7.09. The number of carbonyl (C=O) groups excluding carboxylic acids is 2. The zero-order valence-electron chi connectivity index (χ0n) is 17.7. The van der Waals surface area contributed by atoms with Gasteiger partial charge < -0.3 is 14.6 Å². The number of para-hydroxylation sites is 1. The van der Waals surface area contributed by atoms with Crippen molar-refractivity contribution < 1.29 is 14.3 Å². The smallest absolute Gasteiger partial charge is 0.279 e. The third-order valence-corrected chi connectivity index (χ3v) is 6.02. The predicted molar refractivity (Wildman–Crippen MR) is 123 cm³/mol. The fourth-order valence-corrected chi connectivity index (χ4v) is 4.39. The molecule has 4 rings (SSSR count). The average molecular weight is 447 g/mol. The molecule has 0 bridgehead atoms. The van der Waals surface area contributed by atoms with Gasteiger partial charge in [0.1, 0.15) is 11.8 Å². The van der Waals surface area contributed by atoms with Crippen molar-refractivity contribution >= 4 is 33.4 Å². The van der Waals surface area contributed by atoms with E-state index in [0.717, 1.165) is 15.9 Å². The maximum absolute atomic E-state index is 13.0. The number of nitrogens with one attached hydrogen (secondary N) is 1. The first-order valence-electron chi connectivity index (χ1n) is 10.1. The van der Waals surface area contributed by atoms with Crippen LogP contribution in [-0.4, -0.2) is 28.5 Å². The number of rotatable bonds is 6. The second kappa shape index (κ2) is 9.57. The number of hydrogen-bond donors (Lipinski definition) is 1. The van der Waals surface area contributed by atoms with E-state index in [4.69, 9.17) is 4.74 Å². The molecule has 0 aliphatic rings. The lowest BCUT2D eigenvalue weighted by atomic mass is 10.2. The van der Waals surface area contributed by atoms with E-state index in [1.54, 1.807) is 49.1 Å². The summed E-state index contributed by atoms with van der Waals surface area (Å²) in [6, 6.07) is 19.5. The van der Waals surface area contributed by atoms with E-state index in [-0.39, 0.29) is 5.91 Å². The molecule has 0 spiro atoms. The van der Waals surface area contributed by atoms with E-state index >= 15 is 0 Å². The van der Waals surface area contributed by atoms with Crippen molar-refractivity contribution in [3.8, 4) is 5.75 Å². The first kappa shape index (κ1) is 21.5. The molecule has 2 amide bonds. The van der Waals surface area contributed by atoms with Gasteiger partial charge in [0.2, 0.25) is 5.91 Å². The van der Waals surface area contributed by atoms with E-state index in [2.05, 4.69) is 15.3 Å². The number of aromatic nitrogens is 2. The van der Waals surface area contributed by atoms with Gasteiger partial charge in [0.15, 0.2) is 4.80 Å². The molecule has 0 aliphatic heterocycles. The number of nitrogens with zero attached hydrogens (tertiary/aromatic N) is 3. The number of carbonyl (C=O) groups is 2. The van der Waals surface area contributed by atoms with Crippen molar-refractivity contribution in [2.45, 2.75) is 19.5 Å². The Bertz CT molecular complexity index is 1330. The van der Waals surface area contributed by atoms with Gasteiger partial charge in [-0.1, -0.05) is 35.6 Å². The van der Waals surface area contributed by atoms with E-state index in [1.807, 2.05) is 42.5 Å². The molecule has 1 atom stereocenters. The maximum Gasteiger partial charge on any atom is 0.279 e. The Morgan fingerprint density at radius 1 is 1.12 bits per heavy atom. The van der Waals surface area contributed by atoms with E-state index < -0.39 is 11.9 Å². The Kier molecular flexibility index (Phi) is 6.42. The van der Waals surface area contributed by atoms with Gasteiger partial charge >= 0.3 is 0 Å². The minimum absolute atomic E-state index is 0.186. The minimum Gasteiger partial charge on any atom is -0.497 e. The lowest BCUT2D eigenvalue weighted by Crippen LogP contribution is -2.34. The summed E-state index contributed by atoms with van der Waals surface area (Å²) in [5.41, 5.74) is 2.03. The van der Waals surface area contributed by atoms with Crippen LogP contribution >= 0.6 is 11.3 Å². The maximum atomic E-state index is 13.0. The standard InChI is InChI=1S/C24H22N4O3S/c1-16(22(29)26-15-18-9-5-6-13-25-18)28-20-11-3-4-12-21(20)32-24(28)27-23(30)17-8-7-10-19(14-17)31-2/h3-14,16H,15H2,1-2H3,(H,26,29)/t16-/m0/s1. The molecule has 4 aromatic rings. The SMILES string of the molecule is COc1cccc(C(=O)N=c2sc3ccccc3n2[C@@H](C)C(=O)NCc2ccccn2)c1. The van der Waals surface area contributed by atoms with Crippen LogP contribution < -0.4 is 14.9 Å². The number of hydrogen-bond acceptors (Lipinski definition) is 5. The van der Waals surface area contributed by atoms with Gasteiger partial charge in [0, 0.05) is 11.8 Å². The largest absolute Gasteiger partial charge is 0.497 e. The monoisotopic (exact) mass is 446 g/mol. The van der Waals surface area contributed by atoms with Crippen molar-refractivity contribution in [3.63, 3.8) is 0 Å². The highest BCUT2D eigenvalue weighted by Crippen LogP contribution is 2.21. The van der Waals surface area contributed by atoms with Gasteiger partial charge in [0.25, 0.3) is 5.91 Å². The molecule has 2 heterocycles. The number of benzene rings is 2.